The van der Waals surface area contributed by atoms with E-state index < -0.39 is 49.1 Å². The molecule has 1 heterocycles. The molecule has 13 nitrogen and oxygen atoms in total. The molecule has 0 aliphatic rings. The van der Waals surface area contributed by atoms with E-state index in [1.165, 1.54) is 0 Å². The molecule has 0 saturated carbocycles. The predicted octanol–water partition coefficient (Wildman–Crippen LogP) is -2.29. The maximum absolute atomic E-state index is 11.8. The summed E-state index contributed by atoms with van der Waals surface area (Å²) in [6, 6.07) is -4.62. The molecule has 2 amide bonds. The lowest BCUT2D eigenvalue weighted by molar-refractivity contribution is -0.140. The molecule has 0 aliphatic carbocycles. The number of carbonyl (C=O) groups excluding carboxylic acids is 1. The van der Waals surface area contributed by atoms with E-state index in [0.717, 1.165) is 0 Å². The first-order valence-corrected chi connectivity index (χ1v) is 7.10. The van der Waals surface area contributed by atoms with Crippen molar-refractivity contribution >= 4 is 18.0 Å². The standard InChI is InChI=1S/C12H19N5O8/c13-5(1-2-18)9-16-10(25-17-9)6(3-8(20)21)14-12(24)15-7(4-19)11(22)23/h5-7,18-19H,1-4,13H2,(H,20,21)(H,22,23)(H2,14,15,24)/t5-,6-,7-/m0/s1. The third-order valence-electron chi connectivity index (χ3n) is 3.00. The molecule has 0 radical (unpaired) electrons. The molecule has 1 rings (SSSR count). The fourth-order valence-electron chi connectivity index (χ4n) is 1.73. The van der Waals surface area contributed by atoms with Crippen molar-refractivity contribution in [1.82, 2.24) is 20.8 Å². The fraction of sp³-hybridized carbons (Fsp3) is 0.583. The summed E-state index contributed by atoms with van der Waals surface area (Å²) in [5.41, 5.74) is 5.68. The van der Waals surface area contributed by atoms with E-state index in [-0.39, 0.29) is 24.7 Å². The van der Waals surface area contributed by atoms with Gasteiger partial charge in [-0.3, -0.25) is 4.79 Å². The predicted molar refractivity (Wildman–Crippen MR) is 78.1 cm³/mol. The number of carboxylic acids is 2. The number of amides is 2. The molecule has 0 aliphatic heterocycles. The van der Waals surface area contributed by atoms with Crippen molar-refractivity contribution in [2.24, 2.45) is 5.73 Å². The Kier molecular flexibility index (Phi) is 7.71. The molecule has 0 fully saturated rings. The van der Waals surface area contributed by atoms with Gasteiger partial charge in [-0.2, -0.15) is 4.98 Å². The van der Waals surface area contributed by atoms with E-state index in [4.69, 9.17) is 30.7 Å². The van der Waals surface area contributed by atoms with Gasteiger partial charge in [-0.15, -0.1) is 0 Å². The topological polar surface area (TPSA) is 221 Å². The number of hydrogen-bond acceptors (Lipinski definition) is 9. The average Bonchev–Trinajstić information content (AvgIpc) is 3.01. The third-order valence-corrected chi connectivity index (χ3v) is 3.00. The molecule has 8 N–H and O–H groups in total. The van der Waals surface area contributed by atoms with Crippen molar-refractivity contribution in [1.29, 1.82) is 0 Å². The van der Waals surface area contributed by atoms with Crippen LogP contribution in [0.15, 0.2) is 4.52 Å². The van der Waals surface area contributed by atoms with Crippen LogP contribution >= 0.6 is 0 Å². The van der Waals surface area contributed by atoms with Crippen molar-refractivity contribution in [3.63, 3.8) is 0 Å². The number of aliphatic carboxylic acids is 2. The fourth-order valence-corrected chi connectivity index (χ4v) is 1.73. The van der Waals surface area contributed by atoms with Gasteiger partial charge in [0, 0.05) is 6.61 Å². The number of hydrogen-bond donors (Lipinski definition) is 7. The molecular formula is C12H19N5O8. The summed E-state index contributed by atoms with van der Waals surface area (Å²) in [5, 5.41) is 43.1. The lowest BCUT2D eigenvalue weighted by Crippen LogP contribution is -2.48. The van der Waals surface area contributed by atoms with Crippen LogP contribution in [0.2, 0.25) is 0 Å². The number of carboxylic acid groups (broad SMARTS) is 2. The summed E-state index contributed by atoms with van der Waals surface area (Å²) in [6.07, 6.45) is -0.478. The van der Waals surface area contributed by atoms with Gasteiger partial charge in [-0.05, 0) is 6.42 Å². The van der Waals surface area contributed by atoms with Crippen molar-refractivity contribution < 1.29 is 39.3 Å². The summed E-state index contributed by atoms with van der Waals surface area (Å²) in [5.74, 6) is -3.00. The van der Waals surface area contributed by atoms with Crippen LogP contribution in [-0.2, 0) is 9.59 Å². The van der Waals surface area contributed by atoms with Gasteiger partial charge in [0.25, 0.3) is 0 Å². The smallest absolute Gasteiger partial charge is 0.328 e. The van der Waals surface area contributed by atoms with Crippen LogP contribution in [-0.4, -0.2) is 67.8 Å². The number of rotatable bonds is 10. The molecular weight excluding hydrogens is 342 g/mol. The van der Waals surface area contributed by atoms with Gasteiger partial charge in [0.15, 0.2) is 11.9 Å². The molecule has 0 saturated heterocycles. The summed E-state index contributed by atoms with van der Waals surface area (Å²) in [4.78, 5) is 37.4. The maximum atomic E-state index is 11.8. The van der Waals surface area contributed by atoms with Crippen LogP contribution in [0.4, 0.5) is 4.79 Å². The van der Waals surface area contributed by atoms with E-state index in [2.05, 4.69) is 15.5 Å². The minimum absolute atomic E-state index is 0.0143. The number of nitrogens with zero attached hydrogens (tertiary/aromatic N) is 2. The van der Waals surface area contributed by atoms with Gasteiger partial charge >= 0.3 is 18.0 Å². The maximum Gasteiger partial charge on any atom is 0.328 e. The Balaban J connectivity index is 2.85. The highest BCUT2D eigenvalue weighted by Gasteiger charge is 2.27. The van der Waals surface area contributed by atoms with Gasteiger partial charge in [-0.25, -0.2) is 9.59 Å². The molecule has 0 aromatic carbocycles. The lowest BCUT2D eigenvalue weighted by atomic mass is 10.2. The molecule has 3 atom stereocenters. The number of carbonyl (C=O) groups is 3. The van der Waals surface area contributed by atoms with Crippen molar-refractivity contribution in [3.8, 4) is 0 Å². The second-order valence-electron chi connectivity index (χ2n) is 4.95. The zero-order chi connectivity index (χ0) is 19.0. The van der Waals surface area contributed by atoms with Crippen molar-refractivity contribution in [3.05, 3.63) is 11.7 Å². The Morgan fingerprint density at radius 1 is 1.20 bits per heavy atom. The van der Waals surface area contributed by atoms with Crippen LogP contribution in [0, 0.1) is 0 Å². The highest BCUT2D eigenvalue weighted by molar-refractivity contribution is 5.83. The first kappa shape index (κ1) is 20.3. The number of aliphatic hydroxyl groups is 2. The summed E-state index contributed by atoms with van der Waals surface area (Å²) < 4.78 is 4.88. The van der Waals surface area contributed by atoms with Gasteiger partial charge < -0.3 is 41.3 Å². The van der Waals surface area contributed by atoms with E-state index >= 15 is 0 Å². The van der Waals surface area contributed by atoms with E-state index in [1.807, 2.05) is 5.32 Å². The van der Waals surface area contributed by atoms with Crippen LogP contribution in [0.5, 0.6) is 0 Å². The molecule has 1 aromatic heterocycles. The van der Waals surface area contributed by atoms with Crippen LogP contribution in [0.1, 0.15) is 36.6 Å². The minimum Gasteiger partial charge on any atom is -0.481 e. The Hall–Kier alpha value is -2.77. The summed E-state index contributed by atoms with van der Waals surface area (Å²) >= 11 is 0. The Labute approximate surface area is 140 Å². The number of urea groups is 1. The molecule has 13 heteroatoms. The number of aromatic nitrogens is 2. The second kappa shape index (κ2) is 9.51. The largest absolute Gasteiger partial charge is 0.481 e. The first-order chi connectivity index (χ1) is 11.8. The monoisotopic (exact) mass is 361 g/mol. The molecule has 140 valence electrons. The Bertz CT molecular complexity index is 606. The first-order valence-electron chi connectivity index (χ1n) is 7.10. The lowest BCUT2D eigenvalue weighted by Gasteiger charge is -2.16. The van der Waals surface area contributed by atoms with Crippen LogP contribution < -0.4 is 16.4 Å². The van der Waals surface area contributed by atoms with Crippen molar-refractivity contribution in [2.45, 2.75) is 31.0 Å². The number of nitrogens with one attached hydrogen (secondary N) is 2. The van der Waals surface area contributed by atoms with E-state index in [1.54, 1.807) is 0 Å². The molecule has 1 aromatic rings. The average molecular weight is 361 g/mol. The number of aliphatic hydroxyl groups excluding tert-OH is 2. The van der Waals surface area contributed by atoms with Gasteiger partial charge in [0.2, 0.25) is 5.89 Å². The normalized spacial score (nSPS) is 14.4. The molecule has 0 unspecified atom stereocenters. The Morgan fingerprint density at radius 2 is 1.88 bits per heavy atom. The van der Waals surface area contributed by atoms with E-state index in [9.17, 15) is 14.4 Å². The van der Waals surface area contributed by atoms with Gasteiger partial charge in [0.1, 0.15) is 6.04 Å². The number of nitrogens with two attached hydrogens (primary N) is 1. The van der Waals surface area contributed by atoms with Gasteiger partial charge in [-0.1, -0.05) is 5.16 Å². The van der Waals surface area contributed by atoms with E-state index in [0.29, 0.717) is 0 Å². The summed E-state index contributed by atoms with van der Waals surface area (Å²) in [7, 11) is 0. The van der Waals surface area contributed by atoms with Crippen LogP contribution in [0.25, 0.3) is 0 Å². The Morgan fingerprint density at radius 3 is 2.40 bits per heavy atom. The molecule has 0 spiro atoms. The van der Waals surface area contributed by atoms with Gasteiger partial charge in [0.05, 0.1) is 19.1 Å². The highest BCUT2D eigenvalue weighted by atomic mass is 16.5. The molecule has 0 bridgehead atoms. The molecule has 25 heavy (non-hydrogen) atoms. The minimum atomic E-state index is -1.57. The van der Waals surface area contributed by atoms with Crippen LogP contribution in [0.3, 0.4) is 0 Å². The SMILES string of the molecule is N[C@@H](CCO)c1noc([C@H](CC(=O)O)NC(=O)N[C@@H](CO)C(=O)O)n1. The second-order valence-corrected chi connectivity index (χ2v) is 4.95. The quantitative estimate of drug-likeness (QED) is 0.235. The zero-order valence-corrected chi connectivity index (χ0v) is 13.0. The zero-order valence-electron chi connectivity index (χ0n) is 13.0. The third kappa shape index (κ3) is 6.33. The summed E-state index contributed by atoms with van der Waals surface area (Å²) in [6.45, 7) is -1.07. The van der Waals surface area contributed by atoms with Crippen molar-refractivity contribution in [2.75, 3.05) is 13.2 Å². The highest BCUT2D eigenvalue weighted by Crippen LogP contribution is 2.18.